The number of aromatic nitrogens is 6. The normalized spacial score (nSPS) is 14.7. The lowest BCUT2D eigenvalue weighted by atomic mass is 9.69. The molecule has 42 heavy (non-hydrogen) atoms. The number of anilines is 2. The minimum Gasteiger partial charge on any atom is -0.383 e. The Bertz CT molecular complexity index is 1790. The highest BCUT2D eigenvalue weighted by molar-refractivity contribution is 6.19. The van der Waals surface area contributed by atoms with Gasteiger partial charge in [0.05, 0.1) is 34.4 Å². The molecule has 0 bridgehead atoms. The van der Waals surface area contributed by atoms with Gasteiger partial charge in [0, 0.05) is 47.3 Å². The highest BCUT2D eigenvalue weighted by Gasteiger charge is 2.34. The second-order valence-electron chi connectivity index (χ2n) is 11.9. The predicted octanol–water partition coefficient (Wildman–Crippen LogP) is 5.57. The first-order chi connectivity index (χ1) is 20.1. The SMILES string of the molecule is [B]C(Nc1cc(-c2cncnc2)c2ncc(C#N)c(NCC(C)(C)C)c2c1)(c1ccc(F)cc1)c1cn(C2CC2)nn1. The van der Waals surface area contributed by atoms with E-state index in [0.717, 1.165) is 29.4 Å². The van der Waals surface area contributed by atoms with Crippen LogP contribution in [0.1, 0.15) is 56.5 Å². The molecule has 208 valence electrons. The van der Waals surface area contributed by atoms with Crippen LogP contribution in [0.3, 0.4) is 0 Å². The summed E-state index contributed by atoms with van der Waals surface area (Å²) in [5, 5.41) is 26.4. The van der Waals surface area contributed by atoms with E-state index in [1.54, 1.807) is 30.7 Å². The molecule has 1 aliphatic rings. The molecule has 0 spiro atoms. The van der Waals surface area contributed by atoms with E-state index in [2.05, 4.69) is 62.7 Å². The summed E-state index contributed by atoms with van der Waals surface area (Å²) in [4.78, 5) is 13.1. The molecule has 9 nitrogen and oxygen atoms in total. The van der Waals surface area contributed by atoms with E-state index in [-0.39, 0.29) is 11.2 Å². The van der Waals surface area contributed by atoms with Gasteiger partial charge in [-0.25, -0.2) is 19.0 Å². The maximum atomic E-state index is 14.0. The molecule has 3 heterocycles. The van der Waals surface area contributed by atoms with Crippen molar-refractivity contribution < 1.29 is 4.39 Å². The number of rotatable bonds is 8. The number of pyridine rings is 1. The monoisotopic (exact) mass is 557 g/mol. The minimum absolute atomic E-state index is 0.0450. The largest absolute Gasteiger partial charge is 0.383 e. The van der Waals surface area contributed by atoms with Gasteiger partial charge in [-0.1, -0.05) is 38.1 Å². The lowest BCUT2D eigenvalue weighted by Gasteiger charge is -2.32. The van der Waals surface area contributed by atoms with Crippen molar-refractivity contribution in [1.29, 1.82) is 5.26 Å². The van der Waals surface area contributed by atoms with Crippen molar-refractivity contribution in [3.8, 4) is 17.2 Å². The van der Waals surface area contributed by atoms with Crippen LogP contribution >= 0.6 is 0 Å². The first-order valence-corrected chi connectivity index (χ1v) is 13.8. The number of hydrogen-bond donors (Lipinski definition) is 2. The molecule has 2 radical (unpaired) electrons. The maximum absolute atomic E-state index is 14.0. The van der Waals surface area contributed by atoms with E-state index in [4.69, 9.17) is 7.85 Å². The Hall–Kier alpha value is -4.85. The lowest BCUT2D eigenvalue weighted by molar-refractivity contribution is 0.443. The third kappa shape index (κ3) is 5.40. The first kappa shape index (κ1) is 27.3. The molecule has 2 aromatic carbocycles. The Kier molecular flexibility index (Phi) is 6.85. The van der Waals surface area contributed by atoms with Crippen LogP contribution in [0.4, 0.5) is 15.8 Å². The third-order valence-electron chi connectivity index (χ3n) is 7.24. The van der Waals surface area contributed by atoms with Gasteiger partial charge in [-0.05, 0) is 48.1 Å². The van der Waals surface area contributed by atoms with Crippen LogP contribution in [-0.4, -0.2) is 44.3 Å². The van der Waals surface area contributed by atoms with Crippen molar-refractivity contribution in [3.63, 3.8) is 0 Å². The first-order valence-electron chi connectivity index (χ1n) is 13.8. The molecule has 0 aliphatic heterocycles. The van der Waals surface area contributed by atoms with Crippen molar-refractivity contribution >= 4 is 30.1 Å². The Balaban J connectivity index is 1.55. The number of halogens is 1. The molecule has 1 fully saturated rings. The zero-order valence-corrected chi connectivity index (χ0v) is 23.6. The number of nitrogens with zero attached hydrogens (tertiary/aromatic N) is 7. The number of nitriles is 1. The van der Waals surface area contributed by atoms with E-state index in [0.29, 0.717) is 46.3 Å². The summed E-state index contributed by atoms with van der Waals surface area (Å²) in [6.07, 6.45) is 10.4. The van der Waals surface area contributed by atoms with E-state index in [1.807, 2.05) is 23.0 Å². The van der Waals surface area contributed by atoms with Gasteiger partial charge < -0.3 is 10.6 Å². The van der Waals surface area contributed by atoms with Crippen LogP contribution in [0.5, 0.6) is 0 Å². The molecule has 11 heteroatoms. The zero-order valence-electron chi connectivity index (χ0n) is 23.6. The molecule has 0 amide bonds. The maximum Gasteiger partial charge on any atom is 0.123 e. The average Bonchev–Trinajstić information content (AvgIpc) is 3.71. The van der Waals surface area contributed by atoms with Crippen molar-refractivity contribution in [2.75, 3.05) is 17.2 Å². The molecular formula is C31H29BFN9. The van der Waals surface area contributed by atoms with Crippen molar-refractivity contribution in [2.45, 2.75) is 45.1 Å². The summed E-state index contributed by atoms with van der Waals surface area (Å²) in [5.41, 5.74) is 3.57. The highest BCUT2D eigenvalue weighted by atomic mass is 19.1. The molecule has 5 aromatic rings. The summed E-state index contributed by atoms with van der Waals surface area (Å²) in [7, 11) is 7.14. The molecule has 1 unspecified atom stereocenters. The van der Waals surface area contributed by atoms with Gasteiger partial charge in [-0.2, -0.15) is 5.26 Å². The summed E-state index contributed by atoms with van der Waals surface area (Å²) >= 11 is 0. The van der Waals surface area contributed by atoms with E-state index < -0.39 is 5.44 Å². The molecule has 2 N–H and O–H groups in total. The van der Waals surface area contributed by atoms with E-state index in [9.17, 15) is 9.65 Å². The fourth-order valence-corrected chi connectivity index (χ4v) is 4.86. The second kappa shape index (κ2) is 10.5. The number of benzene rings is 2. The Morgan fingerprint density at radius 2 is 1.83 bits per heavy atom. The second-order valence-corrected chi connectivity index (χ2v) is 11.9. The van der Waals surface area contributed by atoms with Gasteiger partial charge in [0.25, 0.3) is 0 Å². The van der Waals surface area contributed by atoms with Crippen molar-refractivity contribution in [1.82, 2.24) is 29.9 Å². The summed E-state index contributed by atoms with van der Waals surface area (Å²) in [6.45, 7) is 6.99. The Morgan fingerprint density at radius 1 is 1.10 bits per heavy atom. The molecule has 3 aromatic heterocycles. The molecule has 0 saturated heterocycles. The fourth-order valence-electron chi connectivity index (χ4n) is 4.86. The predicted molar refractivity (Wildman–Crippen MR) is 160 cm³/mol. The average molecular weight is 557 g/mol. The van der Waals surface area contributed by atoms with Gasteiger partial charge >= 0.3 is 0 Å². The fraction of sp³-hybridized carbons (Fsp3) is 0.290. The molecule has 1 saturated carbocycles. The highest BCUT2D eigenvalue weighted by Crippen LogP contribution is 2.39. The summed E-state index contributed by atoms with van der Waals surface area (Å²) in [6, 6.07) is 12.4. The van der Waals surface area contributed by atoms with Gasteiger partial charge in [0.15, 0.2) is 0 Å². The molecular weight excluding hydrogens is 528 g/mol. The van der Waals surface area contributed by atoms with Crippen LogP contribution < -0.4 is 10.6 Å². The van der Waals surface area contributed by atoms with Crippen molar-refractivity contribution in [2.24, 2.45) is 5.41 Å². The lowest BCUT2D eigenvalue weighted by Crippen LogP contribution is -2.37. The third-order valence-corrected chi connectivity index (χ3v) is 7.24. The number of hydrogen-bond acceptors (Lipinski definition) is 8. The van der Waals surface area contributed by atoms with Crippen LogP contribution in [0, 0.1) is 22.6 Å². The van der Waals surface area contributed by atoms with Gasteiger partial charge in [0.2, 0.25) is 0 Å². The Morgan fingerprint density at radius 3 is 2.50 bits per heavy atom. The molecule has 6 rings (SSSR count). The van der Waals surface area contributed by atoms with Gasteiger partial charge in [-0.15, -0.1) is 5.10 Å². The Labute approximate surface area is 244 Å². The van der Waals surface area contributed by atoms with Gasteiger partial charge in [0.1, 0.15) is 31.8 Å². The van der Waals surface area contributed by atoms with E-state index in [1.165, 1.54) is 18.5 Å². The molecule has 1 atom stereocenters. The number of fused-ring (bicyclic) bond motifs is 1. The standard InChI is InChI=1S/C31H29BFN9/c1-30(2,3)17-38-28-19(12-34)15-37-29-25(20-13-35-18-36-14-20)10-23(11-26(28)29)39-31(32,21-4-6-22(33)7-5-21)27-16-42(41-40-27)24-8-9-24/h4-7,10-11,13-16,18,24,39H,8-9,17H2,1-3H3,(H,37,38). The summed E-state index contributed by atoms with van der Waals surface area (Å²) in [5.74, 6) is -0.371. The van der Waals surface area contributed by atoms with Crippen LogP contribution in [-0.2, 0) is 5.44 Å². The van der Waals surface area contributed by atoms with Crippen molar-refractivity contribution in [3.05, 3.63) is 90.2 Å². The van der Waals surface area contributed by atoms with Crippen LogP contribution in [0.25, 0.3) is 22.0 Å². The van der Waals surface area contributed by atoms with Crippen LogP contribution in [0.2, 0.25) is 0 Å². The topological polar surface area (TPSA) is 117 Å². The quantitative estimate of drug-likeness (QED) is 0.238. The van der Waals surface area contributed by atoms with Gasteiger partial charge in [-0.3, -0.25) is 4.98 Å². The minimum atomic E-state index is -1.36. The summed E-state index contributed by atoms with van der Waals surface area (Å²) < 4.78 is 15.8. The number of nitrogens with one attached hydrogen (secondary N) is 2. The van der Waals surface area contributed by atoms with E-state index >= 15 is 0 Å². The smallest absolute Gasteiger partial charge is 0.123 e. The zero-order chi connectivity index (χ0) is 29.5. The van der Waals surface area contributed by atoms with Crippen LogP contribution in [0.15, 0.2) is 67.5 Å². The molecule has 1 aliphatic carbocycles.